The second kappa shape index (κ2) is 11.3. The minimum Gasteiger partial charge on any atom is -0.452 e. The Morgan fingerprint density at radius 3 is 2.52 bits per heavy atom. The number of hydrogen-bond acceptors (Lipinski definition) is 6. The number of aromatic nitrogens is 2. The summed E-state index contributed by atoms with van der Waals surface area (Å²) in [6, 6.07) is 13.8. The number of hydrogen-bond donors (Lipinski definition) is 1. The first-order valence-electron chi connectivity index (χ1n) is 10.6. The number of amides is 1. The first-order chi connectivity index (χ1) is 15.7. The molecule has 174 valence electrons. The molecule has 1 atom stereocenters. The van der Waals surface area contributed by atoms with Crippen LogP contribution in [0.1, 0.15) is 27.2 Å². The molecule has 1 N–H and O–H groups in total. The van der Waals surface area contributed by atoms with Gasteiger partial charge in [0.05, 0.1) is 16.7 Å². The molecule has 1 heterocycles. The zero-order valence-corrected chi connectivity index (χ0v) is 20.3. The average molecular weight is 488 g/mol. The summed E-state index contributed by atoms with van der Waals surface area (Å²) in [5.41, 5.74) is 0.999. The van der Waals surface area contributed by atoms with Crippen LogP contribution in [0.5, 0.6) is 0 Å². The summed E-state index contributed by atoms with van der Waals surface area (Å²) >= 11 is 6.97. The molecule has 0 radical (unpaired) electrons. The number of para-hydroxylation sites is 1. The minimum atomic E-state index is -0.985. The van der Waals surface area contributed by atoms with Gasteiger partial charge in [0.25, 0.3) is 11.5 Å². The molecule has 7 nitrogen and oxygen atoms in total. The lowest BCUT2D eigenvalue weighted by atomic mass is 10.1. The second-order valence-electron chi connectivity index (χ2n) is 7.97. The van der Waals surface area contributed by atoms with E-state index in [2.05, 4.69) is 24.1 Å². The van der Waals surface area contributed by atoms with Crippen molar-refractivity contribution in [1.82, 2.24) is 9.55 Å². The third-order valence-corrected chi connectivity index (χ3v) is 6.07. The summed E-state index contributed by atoms with van der Waals surface area (Å²) in [6.45, 7) is 6.17. The summed E-state index contributed by atoms with van der Waals surface area (Å²) in [5.74, 6) is -0.693. The maximum absolute atomic E-state index is 13.0. The zero-order chi connectivity index (χ0) is 24.0. The van der Waals surface area contributed by atoms with Crippen LogP contribution in [0.4, 0.5) is 5.69 Å². The van der Waals surface area contributed by atoms with Gasteiger partial charge in [-0.2, -0.15) is 0 Å². The van der Waals surface area contributed by atoms with E-state index in [1.54, 1.807) is 47.0 Å². The number of rotatable bonds is 9. The van der Waals surface area contributed by atoms with Crippen molar-refractivity contribution in [2.24, 2.45) is 5.92 Å². The van der Waals surface area contributed by atoms with Crippen molar-refractivity contribution in [3.8, 4) is 0 Å². The number of carbonyl (C=O) groups excluding carboxylic acids is 2. The van der Waals surface area contributed by atoms with E-state index >= 15 is 0 Å². The Labute approximate surface area is 201 Å². The van der Waals surface area contributed by atoms with Crippen LogP contribution in [0.25, 0.3) is 10.9 Å². The summed E-state index contributed by atoms with van der Waals surface area (Å²) in [6.07, 6.45) is -0.179. The lowest BCUT2D eigenvalue weighted by Crippen LogP contribution is -2.30. The van der Waals surface area contributed by atoms with Crippen LogP contribution >= 0.6 is 23.4 Å². The highest BCUT2D eigenvalue weighted by molar-refractivity contribution is 7.99. The number of fused-ring (bicyclic) bond motifs is 1. The van der Waals surface area contributed by atoms with Crippen molar-refractivity contribution in [2.45, 2.75) is 45.0 Å². The maximum Gasteiger partial charge on any atom is 0.317 e. The molecule has 0 aliphatic heterocycles. The van der Waals surface area contributed by atoms with Gasteiger partial charge >= 0.3 is 5.97 Å². The largest absolute Gasteiger partial charge is 0.452 e. The number of anilines is 1. The van der Waals surface area contributed by atoms with Gasteiger partial charge in [0.15, 0.2) is 11.3 Å². The highest BCUT2D eigenvalue weighted by Gasteiger charge is 2.19. The highest BCUT2D eigenvalue weighted by atomic mass is 35.5. The lowest BCUT2D eigenvalue weighted by molar-refractivity contribution is -0.150. The van der Waals surface area contributed by atoms with Crippen molar-refractivity contribution < 1.29 is 14.3 Å². The van der Waals surface area contributed by atoms with E-state index in [1.807, 2.05) is 6.07 Å². The molecule has 0 fully saturated rings. The molecule has 0 saturated heterocycles. The quantitative estimate of drug-likeness (QED) is 0.266. The van der Waals surface area contributed by atoms with Gasteiger partial charge < -0.3 is 10.1 Å². The van der Waals surface area contributed by atoms with E-state index in [0.717, 1.165) is 18.2 Å². The van der Waals surface area contributed by atoms with Crippen molar-refractivity contribution in [3.05, 3.63) is 63.9 Å². The van der Waals surface area contributed by atoms with Crippen molar-refractivity contribution in [2.75, 3.05) is 11.1 Å². The fraction of sp³-hybridized carbons (Fsp3) is 0.333. The van der Waals surface area contributed by atoms with Crippen LogP contribution in [0.2, 0.25) is 5.02 Å². The fourth-order valence-electron chi connectivity index (χ4n) is 3.03. The molecule has 33 heavy (non-hydrogen) atoms. The normalized spacial score (nSPS) is 12.0. The molecule has 0 aliphatic carbocycles. The van der Waals surface area contributed by atoms with Gasteiger partial charge in [-0.3, -0.25) is 19.0 Å². The van der Waals surface area contributed by atoms with Crippen LogP contribution in [-0.4, -0.2) is 33.3 Å². The van der Waals surface area contributed by atoms with E-state index in [1.165, 1.54) is 6.92 Å². The Morgan fingerprint density at radius 1 is 1.12 bits per heavy atom. The van der Waals surface area contributed by atoms with E-state index in [4.69, 9.17) is 16.3 Å². The van der Waals surface area contributed by atoms with Gasteiger partial charge in [0.1, 0.15) is 0 Å². The highest BCUT2D eigenvalue weighted by Crippen LogP contribution is 2.20. The van der Waals surface area contributed by atoms with E-state index in [-0.39, 0.29) is 11.3 Å². The fourth-order valence-corrected chi connectivity index (χ4v) is 3.96. The SMILES string of the molecule is CC(C)CCn1c(SCC(=O)O[C@H](C)C(=O)Nc2ccc(Cl)cc2)nc2ccccc2c1=O. The molecule has 3 aromatic rings. The number of thioether (sulfide) groups is 1. The summed E-state index contributed by atoms with van der Waals surface area (Å²) in [7, 11) is 0. The number of ether oxygens (including phenoxy) is 1. The number of nitrogens with one attached hydrogen (secondary N) is 1. The molecule has 1 amide bonds. The first kappa shape index (κ1) is 24.8. The Hall–Kier alpha value is -2.84. The van der Waals surface area contributed by atoms with Crippen LogP contribution < -0.4 is 10.9 Å². The first-order valence-corrected chi connectivity index (χ1v) is 12.0. The van der Waals surface area contributed by atoms with Crippen LogP contribution in [0, 0.1) is 5.92 Å². The molecule has 3 rings (SSSR count). The zero-order valence-electron chi connectivity index (χ0n) is 18.7. The molecular weight excluding hydrogens is 462 g/mol. The molecular formula is C24H26ClN3O4S. The topological polar surface area (TPSA) is 90.3 Å². The molecule has 9 heteroatoms. The van der Waals surface area contributed by atoms with Crippen molar-refractivity contribution in [1.29, 1.82) is 0 Å². The van der Waals surface area contributed by atoms with E-state index in [9.17, 15) is 14.4 Å². The average Bonchev–Trinajstić information content (AvgIpc) is 2.78. The number of halogens is 1. The predicted molar refractivity (Wildman–Crippen MR) is 132 cm³/mol. The van der Waals surface area contributed by atoms with Gasteiger partial charge in [-0.05, 0) is 55.7 Å². The molecule has 0 spiro atoms. The third-order valence-electron chi connectivity index (χ3n) is 4.86. The van der Waals surface area contributed by atoms with Gasteiger partial charge in [0, 0.05) is 17.3 Å². The number of benzene rings is 2. The minimum absolute atomic E-state index is 0.0783. The summed E-state index contributed by atoms with van der Waals surface area (Å²) in [4.78, 5) is 42.3. The molecule has 0 bridgehead atoms. The van der Waals surface area contributed by atoms with Gasteiger partial charge in [0.2, 0.25) is 0 Å². The molecule has 0 saturated carbocycles. The molecule has 1 aromatic heterocycles. The Balaban J connectivity index is 1.66. The Kier molecular flexibility index (Phi) is 8.52. The monoisotopic (exact) mass is 487 g/mol. The number of nitrogens with zero attached hydrogens (tertiary/aromatic N) is 2. The predicted octanol–water partition coefficient (Wildman–Crippen LogP) is 4.76. The van der Waals surface area contributed by atoms with Crippen molar-refractivity contribution >= 4 is 51.8 Å². The van der Waals surface area contributed by atoms with E-state index in [0.29, 0.717) is 39.2 Å². The van der Waals surface area contributed by atoms with Gasteiger partial charge in [-0.15, -0.1) is 0 Å². The smallest absolute Gasteiger partial charge is 0.317 e. The standard InChI is InChI=1S/C24H26ClN3O4S/c1-15(2)12-13-28-23(31)19-6-4-5-7-20(19)27-24(28)33-14-21(29)32-16(3)22(30)26-18-10-8-17(25)9-11-18/h4-11,15-16H,12-14H2,1-3H3,(H,26,30)/t16-/m1/s1. The number of esters is 1. The third kappa shape index (κ3) is 6.82. The number of carbonyl (C=O) groups is 2. The van der Waals surface area contributed by atoms with Crippen LogP contribution in [0.15, 0.2) is 58.5 Å². The van der Waals surface area contributed by atoms with Gasteiger partial charge in [-0.25, -0.2) is 4.98 Å². The second-order valence-corrected chi connectivity index (χ2v) is 9.35. The Morgan fingerprint density at radius 2 is 1.82 bits per heavy atom. The summed E-state index contributed by atoms with van der Waals surface area (Å²) in [5, 5.41) is 4.22. The van der Waals surface area contributed by atoms with Crippen LogP contribution in [0.3, 0.4) is 0 Å². The summed E-state index contributed by atoms with van der Waals surface area (Å²) < 4.78 is 6.88. The Bertz CT molecular complexity index is 1190. The van der Waals surface area contributed by atoms with Crippen LogP contribution in [-0.2, 0) is 20.9 Å². The van der Waals surface area contributed by atoms with Crippen molar-refractivity contribution in [3.63, 3.8) is 0 Å². The molecule has 0 unspecified atom stereocenters. The molecule has 2 aromatic carbocycles. The lowest BCUT2D eigenvalue weighted by Gasteiger charge is -2.15. The molecule has 0 aliphatic rings. The van der Waals surface area contributed by atoms with Gasteiger partial charge in [-0.1, -0.05) is 49.3 Å². The van der Waals surface area contributed by atoms with E-state index < -0.39 is 18.0 Å². The maximum atomic E-state index is 13.0.